The number of benzene rings is 2. The minimum atomic E-state index is -1.65. The van der Waals surface area contributed by atoms with Crippen LogP contribution in [0, 0.1) is 17.3 Å². The Kier molecular flexibility index (Phi) is 26.2. The highest BCUT2D eigenvalue weighted by atomic mass is 35.5. The van der Waals surface area contributed by atoms with Gasteiger partial charge >= 0.3 is 24.2 Å². The van der Waals surface area contributed by atoms with E-state index in [-0.39, 0.29) is 80.9 Å². The number of amides is 9. The van der Waals surface area contributed by atoms with Crippen molar-refractivity contribution in [2.24, 2.45) is 23.0 Å². The van der Waals surface area contributed by atoms with Gasteiger partial charge in [0, 0.05) is 83.4 Å². The number of nitrogens with two attached hydrogens (primary N) is 1. The first kappa shape index (κ1) is 73.0. The molecule has 3 heterocycles. The summed E-state index contributed by atoms with van der Waals surface area (Å²) >= 11 is 6.82. The summed E-state index contributed by atoms with van der Waals surface area (Å²) in [5.41, 5.74) is 4.71. The summed E-state index contributed by atoms with van der Waals surface area (Å²) in [6.07, 6.45) is 2.66. The maximum atomic E-state index is 14.4. The van der Waals surface area contributed by atoms with Crippen LogP contribution in [0.3, 0.4) is 0 Å². The van der Waals surface area contributed by atoms with Gasteiger partial charge in [-0.25, -0.2) is 19.2 Å². The molecular weight excluding hydrogens is 1190 g/mol. The summed E-state index contributed by atoms with van der Waals surface area (Å²) in [5, 5.41) is 25.0. The number of carbonyl (C=O) groups excluding carboxylic acids is 10. The molecule has 0 spiro atoms. The monoisotopic (exact) mass is 1280 g/mol. The second-order valence-electron chi connectivity index (χ2n) is 25.2. The molecule has 0 saturated carbocycles. The number of primary amides is 1. The second-order valence-corrected chi connectivity index (χ2v) is 25.6. The van der Waals surface area contributed by atoms with Crippen LogP contribution in [0.2, 0.25) is 5.02 Å². The first-order chi connectivity index (χ1) is 42.2. The number of rotatable bonds is 24. The first-order valence-corrected chi connectivity index (χ1v) is 30.8. The number of esters is 1. The topological polar surface area (TPSA) is 336 Å². The number of urea groups is 1. The smallest absolute Gasteiger partial charge is 0.409 e. The minimum Gasteiger partial charge on any atom is -0.495 e. The van der Waals surface area contributed by atoms with Crippen LogP contribution in [0.15, 0.2) is 60.2 Å². The normalized spacial score (nSPS) is 22.9. The summed E-state index contributed by atoms with van der Waals surface area (Å²) < 4.78 is 29.2. The number of hydrogen-bond acceptors (Lipinski definition) is 16. The van der Waals surface area contributed by atoms with Crippen molar-refractivity contribution in [1.82, 2.24) is 31.1 Å². The molecule has 90 heavy (non-hydrogen) atoms. The van der Waals surface area contributed by atoms with E-state index in [0.717, 1.165) is 16.0 Å². The third-order valence-electron chi connectivity index (χ3n) is 16.5. The molecule has 9 amide bonds. The second kappa shape index (κ2) is 32.3. The number of nitrogens with one attached hydrogen (secondary N) is 5. The number of likely N-dealkylation sites (N-methyl/N-ethyl adjacent to an activating group) is 1. The Hall–Kier alpha value is -7.77. The molecule has 4 bridgehead atoms. The molecule has 3 aliphatic rings. The summed E-state index contributed by atoms with van der Waals surface area (Å²) in [5.74, 6) is -3.92. The lowest BCUT2D eigenvalue weighted by molar-refractivity contribution is -0.162. The molecule has 2 saturated heterocycles. The third-order valence-corrected chi connectivity index (χ3v) is 16.8. The van der Waals surface area contributed by atoms with Crippen LogP contribution in [0.4, 0.5) is 25.8 Å². The van der Waals surface area contributed by atoms with Crippen molar-refractivity contribution in [2.75, 3.05) is 51.6 Å². The number of fused-ring (bicyclic) bond motifs is 5. The largest absolute Gasteiger partial charge is 0.495 e. The number of nitrogens with zero attached hydrogens (tertiary/aromatic N) is 3. The number of aliphatic hydroxyl groups is 1. The number of unbranched alkanes of at least 4 members (excludes halogenated alkanes) is 1. The fourth-order valence-corrected chi connectivity index (χ4v) is 10.7. The van der Waals surface area contributed by atoms with Gasteiger partial charge in [0.2, 0.25) is 29.5 Å². The average molecular weight is 1280 g/mol. The highest BCUT2D eigenvalue weighted by Gasteiger charge is 2.64. The van der Waals surface area contributed by atoms with E-state index in [2.05, 4.69) is 26.6 Å². The van der Waals surface area contributed by atoms with Crippen LogP contribution in [0.5, 0.6) is 5.75 Å². The molecule has 2 fully saturated rings. The van der Waals surface area contributed by atoms with Crippen LogP contribution < -0.4 is 42.0 Å². The summed E-state index contributed by atoms with van der Waals surface area (Å²) in [6, 6.07) is 5.89. The number of anilines is 2. The molecule has 0 aromatic heterocycles. The number of hydrogen-bond donors (Lipinski definition) is 7. The molecule has 26 heteroatoms. The lowest BCUT2D eigenvalue weighted by atomic mass is 9.84. The van der Waals surface area contributed by atoms with Crippen LogP contribution >= 0.6 is 11.6 Å². The van der Waals surface area contributed by atoms with Crippen LogP contribution in [0.25, 0.3) is 0 Å². The number of alkyl carbamates (subject to hydrolysis) is 1. The van der Waals surface area contributed by atoms with Crippen LogP contribution in [0.1, 0.15) is 138 Å². The standard InChI is InChI=1S/C64H92ClN9O16/c1-37(2)54(70-50(76)22-15-14-21-48(75)62(6,7)8)57(80)69-44(20-18-29-67-59(66)82)56(79)68-43-25-23-41(24-26-43)36-87-61(84)72(10)30-27-51(77)73(11)40(5)58(81)89-49-34-52(78)74(12)45-32-42(33-46(86-13)53(45)65)31-38(3)19-16-17-28-64(85)35-47(88-60(83)71-64)39(4)55-63(49,9)90-55/h16-17,19,23-26,32-33,37,39-40,44,47,49,54-55,85H,14-15,18,20-22,27-31,34-36H2,1-13H3,(H,68,79)(H,69,80)(H,70,76)(H,71,83)(H3,66,67,82)/b17-16+,38-19+/t39-,40+,44+,47+,49+,54+,55+,63+,64-/m1/s1. The Labute approximate surface area is 532 Å². The van der Waals surface area contributed by atoms with Gasteiger partial charge in [0.1, 0.15) is 64.8 Å². The first-order valence-electron chi connectivity index (χ1n) is 30.4. The zero-order chi connectivity index (χ0) is 67.0. The number of methoxy groups -OCH3 is 1. The van der Waals surface area contributed by atoms with Gasteiger partial charge in [-0.05, 0) is 94.2 Å². The fraction of sp³-hybridized carbons (Fsp3) is 0.594. The number of Topliss-reactive ketones (excluding diaryl/α,β-unsaturated/α-hetero) is 1. The highest BCUT2D eigenvalue weighted by molar-refractivity contribution is 6.35. The molecule has 0 unspecified atom stereocenters. The predicted octanol–water partition coefficient (Wildman–Crippen LogP) is 6.74. The van der Waals surface area contributed by atoms with Crippen molar-refractivity contribution in [3.63, 3.8) is 0 Å². The summed E-state index contributed by atoms with van der Waals surface area (Å²) in [6.45, 7) is 15.7. The van der Waals surface area contributed by atoms with Gasteiger partial charge in [0.15, 0.2) is 0 Å². The number of ether oxygens (including phenoxy) is 5. The van der Waals surface area contributed by atoms with Crippen molar-refractivity contribution in [1.29, 1.82) is 0 Å². The van der Waals surface area contributed by atoms with E-state index in [1.807, 2.05) is 33.8 Å². The van der Waals surface area contributed by atoms with Crippen molar-refractivity contribution >= 4 is 82.5 Å². The van der Waals surface area contributed by atoms with E-state index in [1.54, 1.807) is 76.2 Å². The Morgan fingerprint density at radius 1 is 0.967 bits per heavy atom. The zero-order valence-electron chi connectivity index (χ0n) is 54.1. The number of ketones is 1. The Morgan fingerprint density at radius 3 is 2.29 bits per heavy atom. The molecule has 2 aromatic carbocycles. The fourth-order valence-electron chi connectivity index (χ4n) is 10.4. The van der Waals surface area contributed by atoms with Gasteiger partial charge in [0.25, 0.3) is 0 Å². The number of epoxide rings is 1. The predicted molar refractivity (Wildman–Crippen MR) is 336 cm³/mol. The molecular formula is C64H92ClN9O16. The van der Waals surface area contributed by atoms with Crippen molar-refractivity contribution < 1.29 is 76.7 Å². The minimum absolute atomic E-state index is 0.0000968. The van der Waals surface area contributed by atoms with E-state index in [9.17, 15) is 53.1 Å². The van der Waals surface area contributed by atoms with Gasteiger partial charge in [-0.15, -0.1) is 0 Å². The molecule has 25 nitrogen and oxygen atoms in total. The van der Waals surface area contributed by atoms with Crippen molar-refractivity contribution in [3.05, 3.63) is 76.3 Å². The third kappa shape index (κ3) is 20.9. The zero-order valence-corrected chi connectivity index (χ0v) is 54.8. The highest BCUT2D eigenvalue weighted by Crippen LogP contribution is 2.49. The quantitative estimate of drug-likeness (QED) is 0.0248. The maximum absolute atomic E-state index is 14.4. The van der Waals surface area contributed by atoms with E-state index in [1.165, 1.54) is 45.0 Å². The van der Waals surface area contributed by atoms with Crippen molar-refractivity contribution in [2.45, 2.75) is 187 Å². The molecule has 0 radical (unpaired) electrons. The molecule has 0 aliphatic carbocycles. The SMILES string of the molecule is COc1cc2cc(c1Cl)N(C)C(=O)C[C@H](OC(=O)[C@H](C)N(C)C(=O)CCN(C)C(=O)OCc1ccc(NC(=O)[C@H](CCCNC(N)=O)NC(=O)[C@@H](NC(=O)CCCCC(=O)C(C)(C)C)C(C)C)cc1)[C@]1(C)O[C@H]1[C@H](C)[C@@H]1C[C@](O)(C/C=C/C=C(\C)C2)NC(=O)O1. The lowest BCUT2D eigenvalue weighted by Gasteiger charge is -2.39. The number of halogens is 1. The van der Waals surface area contributed by atoms with E-state index in [4.69, 9.17) is 41.0 Å². The van der Waals surface area contributed by atoms with E-state index >= 15 is 0 Å². The molecule has 496 valence electrons. The Balaban J connectivity index is 1.18. The summed E-state index contributed by atoms with van der Waals surface area (Å²) in [4.78, 5) is 136. The molecule has 8 N–H and O–H groups in total. The molecule has 2 aromatic rings. The van der Waals surface area contributed by atoms with E-state index in [0.29, 0.717) is 48.4 Å². The Bertz CT molecular complexity index is 3010. The summed E-state index contributed by atoms with van der Waals surface area (Å²) in [7, 11) is 5.84. The molecule has 9 atom stereocenters. The van der Waals surface area contributed by atoms with Gasteiger partial charge < -0.3 is 70.5 Å². The molecule has 3 aliphatic heterocycles. The van der Waals surface area contributed by atoms with Gasteiger partial charge in [-0.1, -0.05) is 89.1 Å². The maximum Gasteiger partial charge on any atom is 0.409 e. The van der Waals surface area contributed by atoms with Crippen LogP contribution in [-0.2, 0) is 65.5 Å². The number of allylic oxidation sites excluding steroid dienone is 3. The van der Waals surface area contributed by atoms with E-state index < -0.39 is 113 Å². The van der Waals surface area contributed by atoms with Gasteiger partial charge in [0.05, 0.1) is 25.3 Å². The van der Waals surface area contributed by atoms with Crippen molar-refractivity contribution in [3.8, 4) is 5.75 Å². The lowest BCUT2D eigenvalue weighted by Crippen LogP contribution is -2.57. The molecule has 5 rings (SSSR count). The van der Waals surface area contributed by atoms with Gasteiger partial charge in [-0.2, -0.15) is 0 Å². The van der Waals surface area contributed by atoms with Gasteiger partial charge in [-0.3, -0.25) is 34.1 Å². The Morgan fingerprint density at radius 2 is 1.64 bits per heavy atom. The van der Waals surface area contributed by atoms with Crippen LogP contribution in [-0.4, -0.2) is 164 Å². The average Bonchev–Trinajstić information content (AvgIpc) is 1.66. The number of carbonyl (C=O) groups is 10.